The number of nitrogens with two attached hydrogens (primary N) is 2. The number of halogens is 1. The Morgan fingerprint density at radius 3 is 2.47 bits per heavy atom. The molecular formula is C10H15ClN2O2. The van der Waals surface area contributed by atoms with Crippen LogP contribution in [0.2, 0.25) is 0 Å². The molecule has 0 saturated carbocycles. The quantitative estimate of drug-likeness (QED) is 0.774. The summed E-state index contributed by atoms with van der Waals surface area (Å²) in [4.78, 5) is 10.9. The minimum absolute atomic E-state index is 0. The molecule has 1 aromatic carbocycles. The molecule has 0 saturated heterocycles. The molecule has 1 amide bonds. The number of carbonyl (C=O) groups is 1. The van der Waals surface area contributed by atoms with Crippen molar-refractivity contribution in [1.29, 1.82) is 0 Å². The van der Waals surface area contributed by atoms with Crippen molar-refractivity contribution >= 4 is 24.0 Å². The van der Waals surface area contributed by atoms with Crippen LogP contribution >= 0.6 is 12.4 Å². The summed E-state index contributed by atoms with van der Waals surface area (Å²) in [6, 6.07) is 4.74. The maximum absolute atomic E-state index is 10.9. The van der Waals surface area contributed by atoms with Crippen molar-refractivity contribution in [1.82, 2.24) is 0 Å². The van der Waals surface area contributed by atoms with E-state index in [4.69, 9.17) is 16.2 Å². The van der Waals surface area contributed by atoms with Gasteiger partial charge >= 0.3 is 0 Å². The van der Waals surface area contributed by atoms with E-state index < -0.39 is 5.91 Å². The fourth-order valence-electron chi connectivity index (χ4n) is 1.04. The third kappa shape index (κ3) is 3.67. The summed E-state index contributed by atoms with van der Waals surface area (Å²) in [5.41, 5.74) is 11.7. The zero-order valence-corrected chi connectivity index (χ0v) is 9.51. The molecule has 0 heterocycles. The predicted molar refractivity (Wildman–Crippen MR) is 62.4 cm³/mol. The average Bonchev–Trinajstić information content (AvgIpc) is 2.07. The lowest BCUT2D eigenvalue weighted by molar-refractivity contribution is 0.0999. The average molecular weight is 231 g/mol. The Labute approximate surface area is 95.0 Å². The lowest BCUT2D eigenvalue weighted by atomic mass is 10.2. The van der Waals surface area contributed by atoms with Crippen molar-refractivity contribution in [2.75, 3.05) is 5.73 Å². The summed E-state index contributed by atoms with van der Waals surface area (Å²) in [5, 5.41) is 0. The molecule has 0 radical (unpaired) electrons. The molecule has 0 aliphatic heterocycles. The second kappa shape index (κ2) is 5.46. The molecule has 1 aromatic rings. The van der Waals surface area contributed by atoms with E-state index >= 15 is 0 Å². The van der Waals surface area contributed by atoms with Crippen LogP contribution < -0.4 is 16.2 Å². The van der Waals surface area contributed by atoms with Crippen LogP contribution in [0.5, 0.6) is 5.75 Å². The molecule has 4 nitrogen and oxygen atoms in total. The first-order chi connectivity index (χ1) is 6.50. The van der Waals surface area contributed by atoms with Gasteiger partial charge in [0, 0.05) is 5.56 Å². The standard InChI is InChI=1S/C10H14N2O2.ClH/c1-6(2)14-9-5-7(10(12)13)3-4-8(9)11;/h3-6H,11H2,1-2H3,(H2,12,13);1H. The van der Waals surface area contributed by atoms with E-state index in [0.717, 1.165) is 0 Å². The maximum atomic E-state index is 10.9. The maximum Gasteiger partial charge on any atom is 0.248 e. The summed E-state index contributed by atoms with van der Waals surface area (Å²) >= 11 is 0. The van der Waals surface area contributed by atoms with Crippen LogP contribution in [0.4, 0.5) is 5.69 Å². The van der Waals surface area contributed by atoms with Crippen LogP contribution in [0.3, 0.4) is 0 Å². The molecule has 0 bridgehead atoms. The first-order valence-electron chi connectivity index (χ1n) is 4.36. The molecule has 15 heavy (non-hydrogen) atoms. The number of nitrogen functional groups attached to an aromatic ring is 1. The van der Waals surface area contributed by atoms with Gasteiger partial charge < -0.3 is 16.2 Å². The summed E-state index contributed by atoms with van der Waals surface area (Å²) in [7, 11) is 0. The highest BCUT2D eigenvalue weighted by molar-refractivity contribution is 5.93. The van der Waals surface area contributed by atoms with Gasteiger partial charge in [0.15, 0.2) is 0 Å². The molecule has 0 aliphatic rings. The summed E-state index contributed by atoms with van der Waals surface area (Å²) in [5.74, 6) is 0.00917. The number of anilines is 1. The monoisotopic (exact) mass is 230 g/mol. The number of hydrogen-bond acceptors (Lipinski definition) is 3. The Morgan fingerprint density at radius 1 is 1.40 bits per heavy atom. The van der Waals surface area contributed by atoms with Crippen LogP contribution in [0, 0.1) is 0 Å². The smallest absolute Gasteiger partial charge is 0.248 e. The fraction of sp³-hybridized carbons (Fsp3) is 0.300. The second-order valence-corrected chi connectivity index (χ2v) is 3.28. The van der Waals surface area contributed by atoms with Gasteiger partial charge in [0.1, 0.15) is 5.75 Å². The molecule has 0 spiro atoms. The van der Waals surface area contributed by atoms with Gasteiger partial charge in [-0.05, 0) is 32.0 Å². The van der Waals surface area contributed by atoms with Gasteiger partial charge in [-0.2, -0.15) is 0 Å². The third-order valence-electron chi connectivity index (χ3n) is 1.66. The highest BCUT2D eigenvalue weighted by Gasteiger charge is 2.07. The zero-order valence-electron chi connectivity index (χ0n) is 8.69. The molecule has 1 rings (SSSR count). The topological polar surface area (TPSA) is 78.3 Å². The van der Waals surface area contributed by atoms with Crippen molar-refractivity contribution in [3.63, 3.8) is 0 Å². The number of benzene rings is 1. The summed E-state index contributed by atoms with van der Waals surface area (Å²) in [6.07, 6.45) is 0.0143. The van der Waals surface area contributed by atoms with E-state index in [0.29, 0.717) is 17.0 Å². The molecular weight excluding hydrogens is 216 g/mol. The van der Waals surface area contributed by atoms with Gasteiger partial charge in [-0.25, -0.2) is 0 Å². The molecule has 0 aromatic heterocycles. The molecule has 0 aliphatic carbocycles. The van der Waals surface area contributed by atoms with Gasteiger partial charge in [-0.15, -0.1) is 12.4 Å². The number of primary amides is 1. The lowest BCUT2D eigenvalue weighted by Gasteiger charge is -2.12. The van der Waals surface area contributed by atoms with Crippen molar-refractivity contribution in [2.45, 2.75) is 20.0 Å². The Hall–Kier alpha value is -1.42. The van der Waals surface area contributed by atoms with E-state index in [1.165, 1.54) is 0 Å². The van der Waals surface area contributed by atoms with Crippen molar-refractivity contribution in [2.24, 2.45) is 5.73 Å². The van der Waals surface area contributed by atoms with Crippen molar-refractivity contribution in [3.05, 3.63) is 23.8 Å². The van der Waals surface area contributed by atoms with Crippen LogP contribution in [0.25, 0.3) is 0 Å². The second-order valence-electron chi connectivity index (χ2n) is 3.28. The van der Waals surface area contributed by atoms with Crippen LogP contribution in [0.1, 0.15) is 24.2 Å². The Morgan fingerprint density at radius 2 is 2.00 bits per heavy atom. The molecule has 5 heteroatoms. The van der Waals surface area contributed by atoms with E-state index in [-0.39, 0.29) is 18.5 Å². The van der Waals surface area contributed by atoms with Gasteiger partial charge in [-0.1, -0.05) is 0 Å². The van der Waals surface area contributed by atoms with Gasteiger partial charge in [0.05, 0.1) is 11.8 Å². The zero-order chi connectivity index (χ0) is 10.7. The molecule has 4 N–H and O–H groups in total. The van der Waals surface area contributed by atoms with Crippen LogP contribution in [-0.4, -0.2) is 12.0 Å². The van der Waals surface area contributed by atoms with Crippen LogP contribution in [0.15, 0.2) is 18.2 Å². The van der Waals surface area contributed by atoms with E-state index in [1.54, 1.807) is 18.2 Å². The van der Waals surface area contributed by atoms with E-state index in [9.17, 15) is 4.79 Å². The predicted octanol–water partition coefficient (Wildman–Crippen LogP) is 1.58. The first-order valence-corrected chi connectivity index (χ1v) is 4.36. The van der Waals surface area contributed by atoms with E-state index in [1.807, 2.05) is 13.8 Å². The summed E-state index contributed by atoms with van der Waals surface area (Å²) in [6.45, 7) is 3.77. The van der Waals surface area contributed by atoms with Gasteiger partial charge in [-0.3, -0.25) is 4.79 Å². The largest absolute Gasteiger partial charge is 0.489 e. The van der Waals surface area contributed by atoms with Crippen molar-refractivity contribution < 1.29 is 9.53 Å². The number of carbonyl (C=O) groups excluding carboxylic acids is 1. The first kappa shape index (κ1) is 13.6. The highest BCUT2D eigenvalue weighted by Crippen LogP contribution is 2.23. The number of ether oxygens (including phenoxy) is 1. The Bertz CT molecular complexity index is 353. The van der Waals surface area contributed by atoms with E-state index in [2.05, 4.69) is 0 Å². The molecule has 0 atom stereocenters. The van der Waals surface area contributed by atoms with Gasteiger partial charge in [0.2, 0.25) is 5.91 Å². The SMILES string of the molecule is CC(C)Oc1cc(C(N)=O)ccc1N.Cl. The fourth-order valence-corrected chi connectivity index (χ4v) is 1.04. The third-order valence-corrected chi connectivity index (χ3v) is 1.66. The van der Waals surface area contributed by atoms with Gasteiger partial charge in [0.25, 0.3) is 0 Å². The summed E-state index contributed by atoms with van der Waals surface area (Å²) < 4.78 is 5.40. The number of amides is 1. The number of hydrogen-bond donors (Lipinski definition) is 2. The van der Waals surface area contributed by atoms with Crippen LogP contribution in [-0.2, 0) is 0 Å². The minimum atomic E-state index is -0.487. The molecule has 0 fully saturated rings. The molecule has 84 valence electrons. The highest BCUT2D eigenvalue weighted by atomic mass is 35.5. The van der Waals surface area contributed by atoms with Crippen molar-refractivity contribution in [3.8, 4) is 5.75 Å². The normalized spacial score (nSPS) is 9.53. The number of rotatable bonds is 3. The Kier molecular flexibility index (Phi) is 4.94. The lowest BCUT2D eigenvalue weighted by Crippen LogP contribution is -2.13. The minimum Gasteiger partial charge on any atom is -0.489 e. The molecule has 0 unspecified atom stereocenters. The Balaban J connectivity index is 0.00000196.